The zero-order valence-electron chi connectivity index (χ0n) is 13.8. The number of hydrogen-bond acceptors (Lipinski definition) is 6. The molecule has 5 nitrogen and oxygen atoms in total. The lowest BCUT2D eigenvalue weighted by atomic mass is 10.2. The van der Waals surface area contributed by atoms with Gasteiger partial charge in [-0.1, -0.05) is 12.1 Å². The van der Waals surface area contributed by atoms with Crippen molar-refractivity contribution >= 4 is 22.8 Å². The summed E-state index contributed by atoms with van der Waals surface area (Å²) in [5, 5.41) is 3.76. The third-order valence-corrected chi connectivity index (χ3v) is 4.35. The van der Waals surface area contributed by atoms with Crippen LogP contribution >= 0.6 is 11.9 Å². The summed E-state index contributed by atoms with van der Waals surface area (Å²) in [6.45, 7) is 1.23. The van der Waals surface area contributed by atoms with Gasteiger partial charge in [-0.2, -0.15) is 0 Å². The Morgan fingerprint density at radius 2 is 1.73 bits per heavy atom. The Balaban J connectivity index is 1.50. The van der Waals surface area contributed by atoms with Gasteiger partial charge >= 0.3 is 6.36 Å². The van der Waals surface area contributed by atoms with E-state index < -0.39 is 6.36 Å². The van der Waals surface area contributed by atoms with Gasteiger partial charge in [-0.25, -0.2) is 9.30 Å². The zero-order chi connectivity index (χ0) is 18.6. The lowest BCUT2D eigenvalue weighted by Crippen LogP contribution is -2.17. The summed E-state index contributed by atoms with van der Waals surface area (Å²) < 4.78 is 47.5. The number of anilines is 1. The summed E-state index contributed by atoms with van der Waals surface area (Å²) in [6, 6.07) is 13.3. The van der Waals surface area contributed by atoms with Crippen molar-refractivity contribution in [3.63, 3.8) is 0 Å². The largest absolute Gasteiger partial charge is 0.573 e. The van der Waals surface area contributed by atoms with Crippen LogP contribution in [0.5, 0.6) is 11.5 Å². The van der Waals surface area contributed by atoms with Crippen LogP contribution in [0.4, 0.5) is 18.9 Å². The number of rotatable bonds is 5. The number of halogens is 3. The highest BCUT2D eigenvalue weighted by molar-refractivity contribution is 8.12. The molecule has 2 aromatic rings. The van der Waals surface area contributed by atoms with Gasteiger partial charge in [0.25, 0.3) is 0 Å². The molecule has 2 aromatic carbocycles. The molecule has 0 radical (unpaired) electrons. The summed E-state index contributed by atoms with van der Waals surface area (Å²) >= 11 is 1.45. The summed E-state index contributed by atoms with van der Waals surface area (Å²) in [6.07, 6.45) is -4.69. The third-order valence-electron chi connectivity index (χ3n) is 3.44. The van der Waals surface area contributed by atoms with E-state index in [1.54, 1.807) is 7.11 Å². The molecule has 0 bridgehead atoms. The van der Waals surface area contributed by atoms with Crippen molar-refractivity contribution in [1.82, 2.24) is 4.31 Å². The number of benzene rings is 2. The maximum atomic E-state index is 12.2. The van der Waals surface area contributed by atoms with Gasteiger partial charge in [0.1, 0.15) is 18.2 Å². The van der Waals surface area contributed by atoms with Gasteiger partial charge in [0, 0.05) is 12.2 Å². The molecular weight excluding hydrogens is 367 g/mol. The minimum absolute atomic E-state index is 0.259. The Hall–Kier alpha value is -2.39. The van der Waals surface area contributed by atoms with Crippen molar-refractivity contribution in [3.05, 3.63) is 54.1 Å². The molecule has 0 unspecified atom stereocenters. The van der Waals surface area contributed by atoms with Gasteiger partial charge in [-0.15, -0.1) is 13.2 Å². The van der Waals surface area contributed by atoms with Crippen LogP contribution in [0.25, 0.3) is 0 Å². The van der Waals surface area contributed by atoms with E-state index in [0.717, 1.165) is 11.3 Å². The fourth-order valence-electron chi connectivity index (χ4n) is 2.27. The number of hydrogen-bond donors (Lipinski definition) is 1. The van der Waals surface area contributed by atoms with Crippen molar-refractivity contribution < 1.29 is 22.6 Å². The van der Waals surface area contributed by atoms with E-state index in [4.69, 9.17) is 4.74 Å². The molecule has 0 atom stereocenters. The van der Waals surface area contributed by atoms with E-state index in [1.165, 1.54) is 36.2 Å². The number of ether oxygens (including phenoxy) is 2. The van der Waals surface area contributed by atoms with Crippen molar-refractivity contribution in [2.75, 3.05) is 19.1 Å². The minimum Gasteiger partial charge on any atom is -0.497 e. The van der Waals surface area contributed by atoms with Crippen LogP contribution in [-0.4, -0.2) is 29.6 Å². The minimum atomic E-state index is -4.69. The molecule has 0 saturated heterocycles. The first kappa shape index (κ1) is 18.4. The Kier molecular flexibility index (Phi) is 5.58. The van der Waals surface area contributed by atoms with E-state index in [2.05, 4.69) is 19.4 Å². The lowest BCUT2D eigenvalue weighted by molar-refractivity contribution is -0.274. The van der Waals surface area contributed by atoms with E-state index in [-0.39, 0.29) is 5.75 Å². The number of amidine groups is 1. The lowest BCUT2D eigenvalue weighted by Gasteiger charge is -2.14. The van der Waals surface area contributed by atoms with E-state index in [1.807, 2.05) is 24.3 Å². The van der Waals surface area contributed by atoms with Crippen LogP contribution < -0.4 is 14.8 Å². The third kappa shape index (κ3) is 5.30. The Morgan fingerprint density at radius 3 is 2.35 bits per heavy atom. The zero-order valence-corrected chi connectivity index (χ0v) is 14.6. The number of nitrogens with zero attached hydrogens (tertiary/aromatic N) is 2. The molecule has 1 heterocycles. The van der Waals surface area contributed by atoms with Crippen LogP contribution in [0.15, 0.2) is 53.5 Å². The molecule has 0 spiro atoms. The first-order valence-corrected chi connectivity index (χ1v) is 8.42. The predicted molar refractivity (Wildman–Crippen MR) is 95.2 cm³/mol. The normalized spacial score (nSPS) is 14.8. The standard InChI is InChI=1S/C17H16F3N3O2S/c1-24-14-6-2-12(3-7-14)10-23-11-21-16(26-23)22-13-4-8-15(9-5-13)25-17(18,19)20/h2-9H,10-11H2,1H3,(H,21,22). The Morgan fingerprint density at radius 1 is 1.08 bits per heavy atom. The van der Waals surface area contributed by atoms with Crippen LogP contribution in [0.3, 0.4) is 0 Å². The van der Waals surface area contributed by atoms with Crippen LogP contribution in [0.1, 0.15) is 5.56 Å². The molecule has 0 aliphatic carbocycles. The van der Waals surface area contributed by atoms with Gasteiger partial charge in [-0.3, -0.25) is 0 Å². The van der Waals surface area contributed by atoms with Crippen LogP contribution in [-0.2, 0) is 6.54 Å². The number of aliphatic imine (C=N–C) groups is 1. The van der Waals surface area contributed by atoms with E-state index in [0.29, 0.717) is 24.1 Å². The van der Waals surface area contributed by atoms with Gasteiger partial charge < -0.3 is 14.8 Å². The maximum absolute atomic E-state index is 12.2. The SMILES string of the molecule is COc1ccc(CN2CN=C(Nc3ccc(OC(F)(F)F)cc3)S2)cc1. The molecule has 3 rings (SSSR count). The van der Waals surface area contributed by atoms with Gasteiger partial charge in [0.15, 0.2) is 5.17 Å². The molecule has 138 valence electrons. The van der Waals surface area contributed by atoms with E-state index in [9.17, 15) is 13.2 Å². The van der Waals surface area contributed by atoms with Gasteiger partial charge in [0.05, 0.1) is 7.11 Å². The molecule has 0 aromatic heterocycles. The molecule has 0 fully saturated rings. The van der Waals surface area contributed by atoms with Gasteiger partial charge in [0.2, 0.25) is 0 Å². The Bertz CT molecular complexity index is 764. The average Bonchev–Trinajstić information content (AvgIpc) is 3.03. The molecule has 26 heavy (non-hydrogen) atoms. The molecule has 1 aliphatic heterocycles. The first-order valence-electron chi connectivity index (χ1n) is 7.64. The van der Waals surface area contributed by atoms with Crippen molar-refractivity contribution in [1.29, 1.82) is 0 Å². The summed E-state index contributed by atoms with van der Waals surface area (Å²) in [7, 11) is 1.62. The molecule has 1 N–H and O–H groups in total. The number of alkyl halides is 3. The van der Waals surface area contributed by atoms with Crippen molar-refractivity contribution in [2.45, 2.75) is 12.9 Å². The molecule has 1 aliphatic rings. The monoisotopic (exact) mass is 383 g/mol. The van der Waals surface area contributed by atoms with Crippen molar-refractivity contribution in [3.8, 4) is 11.5 Å². The maximum Gasteiger partial charge on any atom is 0.573 e. The summed E-state index contributed by atoms with van der Waals surface area (Å²) in [5.74, 6) is 0.546. The average molecular weight is 383 g/mol. The second-order valence-electron chi connectivity index (χ2n) is 5.38. The predicted octanol–water partition coefficient (Wildman–Crippen LogP) is 4.48. The number of nitrogens with one attached hydrogen (secondary N) is 1. The smallest absolute Gasteiger partial charge is 0.497 e. The molecule has 0 amide bonds. The molecule has 0 saturated carbocycles. The highest BCUT2D eigenvalue weighted by atomic mass is 32.2. The highest BCUT2D eigenvalue weighted by Crippen LogP contribution is 2.27. The fourth-order valence-corrected chi connectivity index (χ4v) is 3.12. The first-order chi connectivity index (χ1) is 12.4. The van der Waals surface area contributed by atoms with E-state index >= 15 is 0 Å². The fraction of sp³-hybridized carbons (Fsp3) is 0.235. The molecular formula is C17H16F3N3O2S. The van der Waals surface area contributed by atoms with Gasteiger partial charge in [-0.05, 0) is 53.9 Å². The summed E-state index contributed by atoms with van der Waals surface area (Å²) in [5.41, 5.74) is 1.76. The van der Waals surface area contributed by atoms with Crippen molar-refractivity contribution in [2.24, 2.45) is 4.99 Å². The number of methoxy groups -OCH3 is 1. The second kappa shape index (κ2) is 7.88. The van der Waals surface area contributed by atoms with Crippen LogP contribution in [0, 0.1) is 0 Å². The Labute approximate surface area is 152 Å². The highest BCUT2D eigenvalue weighted by Gasteiger charge is 2.31. The quantitative estimate of drug-likeness (QED) is 0.772. The van der Waals surface area contributed by atoms with Crippen LogP contribution in [0.2, 0.25) is 0 Å². The molecule has 9 heteroatoms. The topological polar surface area (TPSA) is 46.1 Å². The second-order valence-corrected chi connectivity index (χ2v) is 6.47. The summed E-state index contributed by atoms with van der Waals surface area (Å²) in [4.78, 5) is 4.38.